The standard InChI is InChI=1S/C23H26N4O2S/c28-21(24-15-18-9-3-1-4-10-18)17-30-23-25-19-11-5-6-12-20(19)27(23)16-22(29)26-13-7-2-8-14-26/h1,3-6,9-12H,2,7-8,13-17H2,(H,24,28). The molecule has 0 radical (unpaired) electrons. The molecule has 0 atom stereocenters. The third kappa shape index (κ3) is 5.02. The van der Waals surface area contributed by atoms with E-state index in [0.29, 0.717) is 11.7 Å². The summed E-state index contributed by atoms with van der Waals surface area (Å²) in [5.41, 5.74) is 2.83. The summed E-state index contributed by atoms with van der Waals surface area (Å²) in [5.74, 6) is 0.326. The Balaban J connectivity index is 1.43. The first kappa shape index (κ1) is 20.5. The number of carbonyl (C=O) groups is 2. The number of fused-ring (bicyclic) bond motifs is 1. The number of hydrogen-bond donors (Lipinski definition) is 1. The molecule has 2 heterocycles. The number of imidazole rings is 1. The molecule has 1 aliphatic rings. The quantitative estimate of drug-likeness (QED) is 0.592. The molecule has 7 heteroatoms. The van der Waals surface area contributed by atoms with Crippen LogP contribution in [0.1, 0.15) is 24.8 Å². The highest BCUT2D eigenvalue weighted by Gasteiger charge is 2.20. The van der Waals surface area contributed by atoms with Gasteiger partial charge < -0.3 is 14.8 Å². The molecule has 156 valence electrons. The fraction of sp³-hybridized carbons (Fsp3) is 0.348. The topological polar surface area (TPSA) is 67.2 Å². The Bertz CT molecular complexity index is 1010. The fourth-order valence-corrected chi connectivity index (χ4v) is 4.52. The predicted octanol–water partition coefficient (Wildman–Crippen LogP) is 3.46. The third-order valence-corrected chi connectivity index (χ3v) is 6.26. The van der Waals surface area contributed by atoms with Crippen LogP contribution in [0.4, 0.5) is 0 Å². The summed E-state index contributed by atoms with van der Waals surface area (Å²) in [6.07, 6.45) is 3.33. The number of benzene rings is 2. The average Bonchev–Trinajstić information content (AvgIpc) is 3.15. The van der Waals surface area contributed by atoms with Gasteiger partial charge in [-0.2, -0.15) is 0 Å². The molecule has 0 saturated carbocycles. The van der Waals surface area contributed by atoms with Crippen molar-refractivity contribution in [3.05, 3.63) is 60.2 Å². The third-order valence-electron chi connectivity index (χ3n) is 5.29. The van der Waals surface area contributed by atoms with E-state index in [0.717, 1.165) is 42.5 Å². The maximum atomic E-state index is 12.8. The number of rotatable bonds is 7. The molecule has 1 aromatic heterocycles. The maximum absolute atomic E-state index is 12.8. The number of nitrogens with zero attached hydrogens (tertiary/aromatic N) is 3. The van der Waals surface area contributed by atoms with Crippen molar-refractivity contribution in [3.8, 4) is 0 Å². The summed E-state index contributed by atoms with van der Waals surface area (Å²) >= 11 is 1.37. The Morgan fingerprint density at radius 3 is 2.50 bits per heavy atom. The number of carbonyl (C=O) groups excluding carboxylic acids is 2. The summed E-state index contributed by atoms with van der Waals surface area (Å²) in [4.78, 5) is 31.8. The van der Waals surface area contributed by atoms with Crippen LogP contribution in [0, 0.1) is 0 Å². The maximum Gasteiger partial charge on any atom is 0.242 e. The van der Waals surface area contributed by atoms with Gasteiger partial charge >= 0.3 is 0 Å². The number of hydrogen-bond acceptors (Lipinski definition) is 4. The summed E-state index contributed by atoms with van der Waals surface area (Å²) in [5, 5.41) is 3.65. The van der Waals surface area contributed by atoms with E-state index in [9.17, 15) is 9.59 Å². The van der Waals surface area contributed by atoms with Gasteiger partial charge in [-0.25, -0.2) is 4.98 Å². The van der Waals surface area contributed by atoms with Crippen molar-refractivity contribution < 1.29 is 9.59 Å². The van der Waals surface area contributed by atoms with Crippen molar-refractivity contribution in [3.63, 3.8) is 0 Å². The van der Waals surface area contributed by atoms with Crippen LogP contribution in [-0.4, -0.2) is 45.1 Å². The molecular weight excluding hydrogens is 396 g/mol. The minimum Gasteiger partial charge on any atom is -0.351 e. The summed E-state index contributed by atoms with van der Waals surface area (Å²) < 4.78 is 1.95. The number of nitrogens with one attached hydrogen (secondary N) is 1. The number of aromatic nitrogens is 2. The minimum atomic E-state index is -0.0511. The molecular formula is C23H26N4O2S. The van der Waals surface area contributed by atoms with E-state index < -0.39 is 0 Å². The molecule has 1 N–H and O–H groups in total. The molecule has 2 aromatic carbocycles. The smallest absolute Gasteiger partial charge is 0.242 e. The first-order chi connectivity index (χ1) is 14.7. The lowest BCUT2D eigenvalue weighted by atomic mass is 10.1. The molecule has 0 spiro atoms. The molecule has 0 aliphatic carbocycles. The van der Waals surface area contributed by atoms with Gasteiger partial charge in [-0.05, 0) is 37.0 Å². The van der Waals surface area contributed by atoms with Crippen LogP contribution in [-0.2, 0) is 22.7 Å². The van der Waals surface area contributed by atoms with E-state index in [4.69, 9.17) is 0 Å². The molecule has 1 aliphatic heterocycles. The molecule has 1 fully saturated rings. The molecule has 4 rings (SSSR count). The zero-order valence-electron chi connectivity index (χ0n) is 16.9. The van der Waals surface area contributed by atoms with Crippen LogP contribution < -0.4 is 5.32 Å². The lowest BCUT2D eigenvalue weighted by molar-refractivity contribution is -0.132. The minimum absolute atomic E-state index is 0.0511. The van der Waals surface area contributed by atoms with Crippen molar-refractivity contribution in [1.82, 2.24) is 19.8 Å². The molecule has 0 bridgehead atoms. The number of likely N-dealkylation sites (tertiary alicyclic amines) is 1. The molecule has 0 unspecified atom stereocenters. The second-order valence-corrected chi connectivity index (χ2v) is 8.40. The van der Waals surface area contributed by atoms with Crippen LogP contribution in [0.15, 0.2) is 59.8 Å². The first-order valence-corrected chi connectivity index (χ1v) is 11.4. The average molecular weight is 423 g/mol. The van der Waals surface area contributed by atoms with Gasteiger partial charge in [-0.15, -0.1) is 0 Å². The highest BCUT2D eigenvalue weighted by molar-refractivity contribution is 7.99. The Hall–Kier alpha value is -2.80. The molecule has 6 nitrogen and oxygen atoms in total. The van der Waals surface area contributed by atoms with Crippen molar-refractivity contribution in [2.75, 3.05) is 18.8 Å². The lowest BCUT2D eigenvalue weighted by Gasteiger charge is -2.27. The van der Waals surface area contributed by atoms with Gasteiger partial charge in [0.2, 0.25) is 11.8 Å². The van der Waals surface area contributed by atoms with Crippen LogP contribution in [0.5, 0.6) is 0 Å². The van der Waals surface area contributed by atoms with E-state index in [1.54, 1.807) is 0 Å². The van der Waals surface area contributed by atoms with E-state index in [1.807, 2.05) is 64.1 Å². The second-order valence-electron chi connectivity index (χ2n) is 7.46. The van der Waals surface area contributed by atoms with Crippen molar-refractivity contribution in [2.24, 2.45) is 0 Å². The monoisotopic (exact) mass is 422 g/mol. The van der Waals surface area contributed by atoms with Crippen molar-refractivity contribution in [1.29, 1.82) is 0 Å². The number of amides is 2. The summed E-state index contributed by atoms with van der Waals surface area (Å²) in [7, 11) is 0. The van der Waals surface area contributed by atoms with Crippen molar-refractivity contribution in [2.45, 2.75) is 37.5 Å². The van der Waals surface area contributed by atoms with Crippen molar-refractivity contribution >= 4 is 34.6 Å². The lowest BCUT2D eigenvalue weighted by Crippen LogP contribution is -2.37. The summed E-state index contributed by atoms with van der Waals surface area (Å²) in [6.45, 7) is 2.42. The molecule has 30 heavy (non-hydrogen) atoms. The Morgan fingerprint density at radius 1 is 0.967 bits per heavy atom. The van der Waals surface area contributed by atoms with Gasteiger partial charge in [0.15, 0.2) is 5.16 Å². The van der Waals surface area contributed by atoms with E-state index in [1.165, 1.54) is 18.2 Å². The van der Waals surface area contributed by atoms with E-state index in [2.05, 4.69) is 10.3 Å². The highest BCUT2D eigenvalue weighted by Crippen LogP contribution is 2.24. The van der Waals surface area contributed by atoms with E-state index in [-0.39, 0.29) is 24.1 Å². The molecule has 1 saturated heterocycles. The van der Waals surface area contributed by atoms with Crippen LogP contribution >= 0.6 is 11.8 Å². The van der Waals surface area contributed by atoms with Gasteiger partial charge in [-0.3, -0.25) is 9.59 Å². The normalized spacial score (nSPS) is 14.1. The van der Waals surface area contributed by atoms with Gasteiger partial charge in [0.25, 0.3) is 0 Å². The molecule has 3 aromatic rings. The van der Waals surface area contributed by atoms with Crippen LogP contribution in [0.3, 0.4) is 0 Å². The second kappa shape index (κ2) is 9.80. The molecule has 2 amide bonds. The zero-order chi connectivity index (χ0) is 20.8. The Morgan fingerprint density at radius 2 is 1.70 bits per heavy atom. The Kier molecular flexibility index (Phi) is 6.69. The van der Waals surface area contributed by atoms with Crippen LogP contribution in [0.25, 0.3) is 11.0 Å². The van der Waals surface area contributed by atoms with E-state index >= 15 is 0 Å². The van der Waals surface area contributed by atoms with Gasteiger partial charge in [0, 0.05) is 19.6 Å². The first-order valence-electron chi connectivity index (χ1n) is 10.4. The zero-order valence-corrected chi connectivity index (χ0v) is 17.7. The SMILES string of the molecule is O=C(CSc1nc2ccccc2n1CC(=O)N1CCCCC1)NCc1ccccc1. The number of para-hydroxylation sites is 2. The largest absolute Gasteiger partial charge is 0.351 e. The van der Waals surface area contributed by atoms with Gasteiger partial charge in [0.1, 0.15) is 6.54 Å². The highest BCUT2D eigenvalue weighted by atomic mass is 32.2. The Labute approximate surface area is 180 Å². The fourth-order valence-electron chi connectivity index (χ4n) is 3.67. The van der Waals surface area contributed by atoms with Crippen LogP contribution in [0.2, 0.25) is 0 Å². The summed E-state index contributed by atoms with van der Waals surface area (Å²) in [6, 6.07) is 17.6. The number of piperidine rings is 1. The number of thioether (sulfide) groups is 1. The predicted molar refractivity (Wildman–Crippen MR) is 119 cm³/mol. The van der Waals surface area contributed by atoms with Gasteiger partial charge in [0.05, 0.1) is 16.8 Å². The van der Waals surface area contributed by atoms with Gasteiger partial charge in [-0.1, -0.05) is 54.2 Å².